The molecular weight excluding hydrogens is 404 g/mol. The van der Waals surface area contributed by atoms with E-state index in [4.69, 9.17) is 10.4 Å². The van der Waals surface area contributed by atoms with Crippen LogP contribution in [-0.2, 0) is 0 Å². The van der Waals surface area contributed by atoms with Gasteiger partial charge in [-0.25, -0.2) is 0 Å². The second-order valence-electron chi connectivity index (χ2n) is 7.93. The number of nitrogens with zero attached hydrogens (tertiary/aromatic N) is 4. The quantitative estimate of drug-likeness (QED) is 0.326. The molecule has 0 radical (unpaired) electrons. The predicted octanol–water partition coefficient (Wildman–Crippen LogP) is 3.88. The summed E-state index contributed by atoms with van der Waals surface area (Å²) in [5.41, 5.74) is 1.91. The monoisotopic (exact) mass is 458 g/mol. The maximum absolute atomic E-state index is 8.48. The molecule has 0 aromatic heterocycles. The first-order chi connectivity index (χ1) is 15.6. The number of piperidine rings is 2. The molecule has 0 aliphatic carbocycles. The lowest BCUT2D eigenvalue weighted by atomic mass is 10.1. The first kappa shape index (κ1) is 33.0. The summed E-state index contributed by atoms with van der Waals surface area (Å²) in [6.45, 7) is 23.8. The van der Waals surface area contributed by atoms with E-state index in [0.29, 0.717) is 0 Å². The van der Waals surface area contributed by atoms with E-state index in [1.807, 2.05) is 0 Å². The molecule has 2 rings (SSSR count). The Morgan fingerprint density at radius 3 is 1.03 bits per heavy atom. The lowest BCUT2D eigenvalue weighted by Gasteiger charge is -2.26. The van der Waals surface area contributed by atoms with Crippen LogP contribution in [0.5, 0.6) is 0 Å². The van der Waals surface area contributed by atoms with Gasteiger partial charge in [0.15, 0.2) is 0 Å². The summed E-state index contributed by atoms with van der Waals surface area (Å²) in [6.07, 6.45) is 6.19. The molecule has 32 heavy (non-hydrogen) atoms. The second kappa shape index (κ2) is 26.0. The van der Waals surface area contributed by atoms with E-state index in [1.165, 1.54) is 25.9 Å². The van der Waals surface area contributed by atoms with E-state index in [-0.39, 0.29) is 0 Å². The molecule has 8 heteroatoms. The van der Waals surface area contributed by atoms with Crippen LogP contribution >= 0.6 is 0 Å². The molecule has 0 aromatic rings. The first-order valence-electron chi connectivity index (χ1n) is 12.8. The maximum Gasteiger partial charge on any atom is 0.0596 e. The Morgan fingerprint density at radius 1 is 0.594 bits per heavy atom. The number of likely N-dealkylation sites (tertiary alicyclic amines) is 2. The van der Waals surface area contributed by atoms with Crippen LogP contribution < -0.4 is 10.6 Å². The van der Waals surface area contributed by atoms with Crippen LogP contribution in [-0.4, -0.2) is 97.1 Å². The maximum atomic E-state index is 8.48. The van der Waals surface area contributed by atoms with E-state index in [2.05, 4.69) is 72.3 Å². The zero-order valence-electron chi connectivity index (χ0n) is 22.0. The highest BCUT2D eigenvalue weighted by Crippen LogP contribution is 2.07. The molecule has 0 bridgehead atoms. The molecule has 0 atom stereocenters. The lowest BCUT2D eigenvalue weighted by molar-refractivity contribution is 0.263. The molecule has 2 heterocycles. The van der Waals surface area contributed by atoms with Crippen LogP contribution in [0.4, 0.5) is 0 Å². The molecule has 2 fully saturated rings. The Morgan fingerprint density at radius 2 is 0.875 bits per heavy atom. The van der Waals surface area contributed by atoms with Gasteiger partial charge in [0.05, 0.1) is 11.4 Å². The SMILES string of the molecule is CCCN1CCC(=NO)CC1.CCCN1CCC(=NO)CC1.CCNCC.CCNCC. The predicted molar refractivity (Wildman–Crippen MR) is 139 cm³/mol. The van der Waals surface area contributed by atoms with Gasteiger partial charge < -0.3 is 30.8 Å². The summed E-state index contributed by atoms with van der Waals surface area (Å²) in [7, 11) is 0. The third kappa shape index (κ3) is 20.7. The van der Waals surface area contributed by atoms with Crippen molar-refractivity contribution in [3.63, 3.8) is 0 Å². The van der Waals surface area contributed by atoms with Crippen molar-refractivity contribution in [2.45, 2.75) is 80.1 Å². The van der Waals surface area contributed by atoms with Gasteiger partial charge in [-0.05, 0) is 52.1 Å². The van der Waals surface area contributed by atoms with Gasteiger partial charge in [0, 0.05) is 51.9 Å². The van der Waals surface area contributed by atoms with Crippen molar-refractivity contribution in [1.29, 1.82) is 0 Å². The molecule has 192 valence electrons. The minimum absolute atomic E-state index is 0.941. The Kier molecular flexibility index (Phi) is 26.8. The molecule has 2 aliphatic heterocycles. The van der Waals surface area contributed by atoms with Crippen LogP contribution in [0.25, 0.3) is 0 Å². The van der Waals surface area contributed by atoms with Gasteiger partial charge in [0.2, 0.25) is 0 Å². The highest BCUT2D eigenvalue weighted by atomic mass is 16.4. The Labute approximate surface area is 198 Å². The third-order valence-corrected chi connectivity index (χ3v) is 5.23. The molecule has 0 aromatic carbocycles. The Bertz CT molecular complexity index is 382. The van der Waals surface area contributed by atoms with E-state index < -0.39 is 0 Å². The molecule has 8 nitrogen and oxygen atoms in total. The third-order valence-electron chi connectivity index (χ3n) is 5.23. The summed E-state index contributed by atoms with van der Waals surface area (Å²) in [5.74, 6) is 0. The van der Waals surface area contributed by atoms with Gasteiger partial charge in [0.25, 0.3) is 0 Å². The summed E-state index contributed by atoms with van der Waals surface area (Å²) < 4.78 is 0. The van der Waals surface area contributed by atoms with E-state index in [1.54, 1.807) is 0 Å². The summed E-state index contributed by atoms with van der Waals surface area (Å²) in [4.78, 5) is 4.82. The van der Waals surface area contributed by atoms with Crippen molar-refractivity contribution in [1.82, 2.24) is 20.4 Å². The molecule has 0 unspecified atom stereocenters. The zero-order chi connectivity index (χ0) is 24.5. The van der Waals surface area contributed by atoms with E-state index >= 15 is 0 Å². The van der Waals surface area contributed by atoms with Crippen molar-refractivity contribution >= 4 is 11.4 Å². The highest BCUT2D eigenvalue weighted by molar-refractivity contribution is 5.85. The van der Waals surface area contributed by atoms with Gasteiger partial charge in [-0.3, -0.25) is 0 Å². The van der Waals surface area contributed by atoms with Gasteiger partial charge in [-0.15, -0.1) is 0 Å². The average molecular weight is 459 g/mol. The Hall–Kier alpha value is -1.22. The van der Waals surface area contributed by atoms with Crippen LogP contribution in [0.1, 0.15) is 80.1 Å². The highest BCUT2D eigenvalue weighted by Gasteiger charge is 2.14. The Balaban J connectivity index is 0. The number of hydrogen-bond donors (Lipinski definition) is 4. The number of nitrogens with one attached hydrogen (secondary N) is 2. The lowest BCUT2D eigenvalue weighted by Crippen LogP contribution is -2.34. The molecule has 0 amide bonds. The fourth-order valence-electron chi connectivity index (χ4n) is 3.40. The van der Waals surface area contributed by atoms with Crippen LogP contribution in [0, 0.1) is 0 Å². The number of hydrogen-bond acceptors (Lipinski definition) is 8. The van der Waals surface area contributed by atoms with Crippen molar-refractivity contribution in [3.05, 3.63) is 0 Å². The minimum atomic E-state index is 0.941. The van der Waals surface area contributed by atoms with Gasteiger partial charge in [-0.2, -0.15) is 0 Å². The van der Waals surface area contributed by atoms with Crippen molar-refractivity contribution in [2.24, 2.45) is 10.3 Å². The molecular formula is C24H54N6O2. The molecule has 0 saturated carbocycles. The molecule has 0 spiro atoms. The fourth-order valence-corrected chi connectivity index (χ4v) is 3.40. The zero-order valence-corrected chi connectivity index (χ0v) is 22.0. The van der Waals surface area contributed by atoms with Gasteiger partial charge in [-0.1, -0.05) is 51.9 Å². The summed E-state index contributed by atoms with van der Waals surface area (Å²) in [6, 6.07) is 0. The normalized spacial score (nSPS) is 16.6. The summed E-state index contributed by atoms with van der Waals surface area (Å²) in [5, 5.41) is 29.6. The largest absolute Gasteiger partial charge is 0.411 e. The van der Waals surface area contributed by atoms with Crippen molar-refractivity contribution in [3.8, 4) is 0 Å². The van der Waals surface area contributed by atoms with Crippen molar-refractivity contribution < 1.29 is 10.4 Å². The smallest absolute Gasteiger partial charge is 0.0596 e. The summed E-state index contributed by atoms with van der Waals surface area (Å²) >= 11 is 0. The van der Waals surface area contributed by atoms with Crippen LogP contribution in [0.15, 0.2) is 10.3 Å². The standard InChI is InChI=1S/2C8H16N2O.2C4H11N/c2*1-2-5-10-6-3-8(9-11)4-7-10;2*1-3-5-4-2/h2*11H,2-7H2,1H3;2*5H,3-4H2,1-2H3. The first-order valence-corrected chi connectivity index (χ1v) is 12.8. The van der Waals surface area contributed by atoms with Gasteiger partial charge >= 0.3 is 0 Å². The molecule has 2 saturated heterocycles. The number of oxime groups is 2. The van der Waals surface area contributed by atoms with Crippen molar-refractivity contribution in [2.75, 3.05) is 65.4 Å². The average Bonchev–Trinajstić information content (AvgIpc) is 2.83. The van der Waals surface area contributed by atoms with E-state index in [9.17, 15) is 0 Å². The molecule has 2 aliphatic rings. The van der Waals surface area contributed by atoms with Crippen LogP contribution in [0.3, 0.4) is 0 Å². The molecule has 4 N–H and O–H groups in total. The second-order valence-corrected chi connectivity index (χ2v) is 7.93. The topological polar surface area (TPSA) is 95.7 Å². The van der Waals surface area contributed by atoms with Crippen LogP contribution in [0.2, 0.25) is 0 Å². The number of rotatable bonds is 8. The van der Waals surface area contributed by atoms with E-state index in [0.717, 1.165) is 89.5 Å². The fraction of sp³-hybridized carbons (Fsp3) is 0.917. The van der Waals surface area contributed by atoms with Gasteiger partial charge in [0.1, 0.15) is 0 Å². The minimum Gasteiger partial charge on any atom is -0.411 e.